The van der Waals surface area contributed by atoms with Crippen LogP contribution in [0.2, 0.25) is 0 Å². The molecule has 0 aromatic heterocycles. The number of carbonyl (C=O) groups is 1. The van der Waals surface area contributed by atoms with E-state index in [0.717, 1.165) is 18.6 Å². The first-order valence-electron chi connectivity index (χ1n) is 3.33. The maximum Gasteiger partial charge on any atom is 0.123 e. The fourth-order valence-corrected chi connectivity index (χ4v) is 1.28. The number of hydrogen-bond acceptors (Lipinski definition) is 1. The minimum Gasteiger partial charge on any atom is -0.303 e. The Kier molecular flexibility index (Phi) is 1.66. The summed E-state index contributed by atoms with van der Waals surface area (Å²) in [6, 6.07) is 0. The van der Waals surface area contributed by atoms with E-state index in [-0.39, 0.29) is 0 Å². The molecule has 0 aliphatic heterocycles. The first-order valence-corrected chi connectivity index (χ1v) is 3.33. The van der Waals surface area contributed by atoms with E-state index < -0.39 is 0 Å². The second kappa shape index (κ2) is 2.29. The normalized spacial score (nSPS) is 36.1. The molecule has 8 heavy (non-hydrogen) atoms. The van der Waals surface area contributed by atoms with Crippen molar-refractivity contribution in [3.8, 4) is 0 Å². The van der Waals surface area contributed by atoms with Crippen molar-refractivity contribution in [1.29, 1.82) is 0 Å². The quantitative estimate of drug-likeness (QED) is 0.496. The van der Waals surface area contributed by atoms with Gasteiger partial charge in [0.25, 0.3) is 0 Å². The third-order valence-electron chi connectivity index (χ3n) is 2.18. The second-order valence-corrected chi connectivity index (χ2v) is 2.55. The lowest BCUT2D eigenvalue weighted by Crippen LogP contribution is -2.25. The Hall–Kier alpha value is -0.330. The van der Waals surface area contributed by atoms with Crippen molar-refractivity contribution in [2.24, 2.45) is 11.8 Å². The third kappa shape index (κ3) is 0.770. The van der Waals surface area contributed by atoms with Gasteiger partial charge in [-0.1, -0.05) is 13.3 Å². The van der Waals surface area contributed by atoms with Crippen LogP contribution in [0.4, 0.5) is 0 Å². The molecular formula is C7H12O. The van der Waals surface area contributed by atoms with E-state index >= 15 is 0 Å². The summed E-state index contributed by atoms with van der Waals surface area (Å²) in [5, 5.41) is 0. The number of carbonyl (C=O) groups excluding carboxylic acids is 1. The van der Waals surface area contributed by atoms with Crippen LogP contribution in [0, 0.1) is 11.8 Å². The number of hydrogen-bond donors (Lipinski definition) is 0. The molecule has 0 spiro atoms. The lowest BCUT2D eigenvalue weighted by Gasteiger charge is -2.31. The molecule has 1 fully saturated rings. The number of rotatable bonds is 2. The monoisotopic (exact) mass is 112 g/mol. The molecule has 0 aromatic rings. The minimum atomic E-state index is 0.417. The van der Waals surface area contributed by atoms with Gasteiger partial charge in [0.2, 0.25) is 0 Å². The van der Waals surface area contributed by atoms with Crippen molar-refractivity contribution in [1.82, 2.24) is 0 Å². The summed E-state index contributed by atoms with van der Waals surface area (Å²) in [4.78, 5) is 10.2. The predicted octanol–water partition coefficient (Wildman–Crippen LogP) is 1.62. The van der Waals surface area contributed by atoms with Gasteiger partial charge in [-0.3, -0.25) is 0 Å². The molecule has 1 rings (SSSR count). The summed E-state index contributed by atoms with van der Waals surface area (Å²) in [5.74, 6) is 1.15. The maximum absolute atomic E-state index is 10.2. The van der Waals surface area contributed by atoms with E-state index in [9.17, 15) is 4.79 Å². The fourth-order valence-electron chi connectivity index (χ4n) is 1.28. The molecule has 1 aliphatic rings. The van der Waals surface area contributed by atoms with E-state index in [2.05, 4.69) is 6.92 Å². The molecule has 2 atom stereocenters. The highest BCUT2D eigenvalue weighted by Crippen LogP contribution is 2.34. The molecule has 0 bridgehead atoms. The molecule has 0 radical (unpaired) electrons. The highest BCUT2D eigenvalue weighted by atomic mass is 16.1. The predicted molar refractivity (Wildman–Crippen MR) is 32.6 cm³/mol. The molecule has 0 saturated heterocycles. The van der Waals surface area contributed by atoms with E-state index in [0.29, 0.717) is 5.92 Å². The van der Waals surface area contributed by atoms with E-state index in [1.165, 1.54) is 12.8 Å². The van der Waals surface area contributed by atoms with Crippen LogP contribution in [0.15, 0.2) is 0 Å². The van der Waals surface area contributed by atoms with Gasteiger partial charge in [-0.15, -0.1) is 0 Å². The zero-order valence-electron chi connectivity index (χ0n) is 5.26. The van der Waals surface area contributed by atoms with Gasteiger partial charge in [0.05, 0.1) is 0 Å². The summed E-state index contributed by atoms with van der Waals surface area (Å²) in [6.07, 6.45) is 4.71. The zero-order valence-corrected chi connectivity index (χ0v) is 5.26. The third-order valence-corrected chi connectivity index (χ3v) is 2.18. The Balaban J connectivity index is 2.26. The Morgan fingerprint density at radius 1 is 1.62 bits per heavy atom. The summed E-state index contributed by atoms with van der Waals surface area (Å²) in [7, 11) is 0. The van der Waals surface area contributed by atoms with Gasteiger partial charge in [0, 0.05) is 5.92 Å². The smallest absolute Gasteiger partial charge is 0.123 e. The van der Waals surface area contributed by atoms with Crippen molar-refractivity contribution in [3.63, 3.8) is 0 Å². The van der Waals surface area contributed by atoms with Crippen LogP contribution < -0.4 is 0 Å². The average Bonchev–Trinajstić information content (AvgIpc) is 1.66. The van der Waals surface area contributed by atoms with Crippen LogP contribution in [0.1, 0.15) is 26.2 Å². The molecule has 0 unspecified atom stereocenters. The minimum absolute atomic E-state index is 0.417. The fraction of sp³-hybridized carbons (Fsp3) is 0.857. The van der Waals surface area contributed by atoms with E-state index in [1.54, 1.807) is 0 Å². The lowest BCUT2D eigenvalue weighted by molar-refractivity contribution is -0.115. The standard InChI is InChI=1S/C7H12O/c1-2-6-3-4-7(6)5-8/h5-7H,2-4H2,1H3/t6-,7-/m1/s1. The molecule has 1 saturated carbocycles. The van der Waals surface area contributed by atoms with Crippen LogP contribution in [-0.4, -0.2) is 6.29 Å². The molecule has 1 heteroatoms. The molecule has 0 heterocycles. The topological polar surface area (TPSA) is 17.1 Å². The van der Waals surface area contributed by atoms with Gasteiger partial charge >= 0.3 is 0 Å². The molecule has 0 N–H and O–H groups in total. The van der Waals surface area contributed by atoms with Gasteiger partial charge in [0.1, 0.15) is 6.29 Å². The molecular weight excluding hydrogens is 100 g/mol. The van der Waals surface area contributed by atoms with Crippen LogP contribution in [0.3, 0.4) is 0 Å². The molecule has 1 nitrogen and oxygen atoms in total. The van der Waals surface area contributed by atoms with Gasteiger partial charge < -0.3 is 4.79 Å². The zero-order chi connectivity index (χ0) is 5.98. The van der Waals surface area contributed by atoms with Crippen molar-refractivity contribution in [2.45, 2.75) is 26.2 Å². The Morgan fingerprint density at radius 2 is 2.38 bits per heavy atom. The van der Waals surface area contributed by atoms with Crippen LogP contribution in [-0.2, 0) is 4.79 Å². The lowest BCUT2D eigenvalue weighted by atomic mass is 9.73. The largest absolute Gasteiger partial charge is 0.303 e. The van der Waals surface area contributed by atoms with E-state index in [4.69, 9.17) is 0 Å². The molecule has 0 amide bonds. The van der Waals surface area contributed by atoms with Crippen molar-refractivity contribution >= 4 is 6.29 Å². The Labute approximate surface area is 50.1 Å². The van der Waals surface area contributed by atoms with E-state index in [1.807, 2.05) is 0 Å². The SMILES string of the molecule is CC[C@@H]1CC[C@@H]1C=O. The average molecular weight is 112 g/mol. The first-order chi connectivity index (χ1) is 3.88. The van der Waals surface area contributed by atoms with Crippen LogP contribution >= 0.6 is 0 Å². The maximum atomic E-state index is 10.2. The highest BCUT2D eigenvalue weighted by molar-refractivity contribution is 5.55. The van der Waals surface area contributed by atoms with Crippen molar-refractivity contribution in [3.05, 3.63) is 0 Å². The molecule has 0 aromatic carbocycles. The molecule has 46 valence electrons. The van der Waals surface area contributed by atoms with Gasteiger partial charge in [0.15, 0.2) is 0 Å². The molecule has 1 aliphatic carbocycles. The van der Waals surface area contributed by atoms with Crippen LogP contribution in [0.25, 0.3) is 0 Å². The van der Waals surface area contributed by atoms with Gasteiger partial charge in [-0.05, 0) is 18.8 Å². The number of aldehydes is 1. The Bertz CT molecular complexity index is 86.4. The first kappa shape index (κ1) is 5.80. The Morgan fingerprint density at radius 3 is 2.50 bits per heavy atom. The summed E-state index contributed by atoms with van der Waals surface area (Å²) in [5.41, 5.74) is 0. The van der Waals surface area contributed by atoms with Gasteiger partial charge in [-0.2, -0.15) is 0 Å². The van der Waals surface area contributed by atoms with Gasteiger partial charge in [-0.25, -0.2) is 0 Å². The summed E-state index contributed by atoms with van der Waals surface area (Å²) < 4.78 is 0. The van der Waals surface area contributed by atoms with Crippen LogP contribution in [0.5, 0.6) is 0 Å². The van der Waals surface area contributed by atoms with Crippen molar-refractivity contribution < 1.29 is 4.79 Å². The van der Waals surface area contributed by atoms with Crippen molar-refractivity contribution in [2.75, 3.05) is 0 Å². The highest BCUT2D eigenvalue weighted by Gasteiger charge is 2.27. The summed E-state index contributed by atoms with van der Waals surface area (Å²) in [6.45, 7) is 2.15. The summed E-state index contributed by atoms with van der Waals surface area (Å²) >= 11 is 0. The second-order valence-electron chi connectivity index (χ2n) is 2.55.